The Kier molecular flexibility index (Phi) is 6.11. The fourth-order valence-corrected chi connectivity index (χ4v) is 3.44. The number of hydrogen-bond acceptors (Lipinski definition) is 4. The summed E-state index contributed by atoms with van der Waals surface area (Å²) < 4.78 is 8.51. The van der Waals surface area contributed by atoms with Crippen molar-refractivity contribution >= 4 is 49.0 Å². The van der Waals surface area contributed by atoms with Gasteiger partial charge in [-0.2, -0.15) is 9.78 Å². The molecule has 0 bridgehead atoms. The van der Waals surface area contributed by atoms with Gasteiger partial charge in [-0.3, -0.25) is 4.79 Å². The maximum absolute atomic E-state index is 13.1. The minimum absolute atomic E-state index is 0.0901. The van der Waals surface area contributed by atoms with Gasteiger partial charge in [-0.15, -0.1) is 0 Å². The number of methoxy groups -OCH3 is 1. The van der Waals surface area contributed by atoms with Crippen molar-refractivity contribution in [2.75, 3.05) is 7.11 Å². The van der Waals surface area contributed by atoms with Crippen LogP contribution in [0.15, 0.2) is 55.2 Å². The second kappa shape index (κ2) is 8.35. The second-order valence-electron chi connectivity index (χ2n) is 6.19. The number of fused-ring (bicyclic) bond motifs is 1. The lowest BCUT2D eigenvalue weighted by atomic mass is 10.1. The molecule has 140 valence electrons. The predicted octanol–water partition coefficient (Wildman–Crippen LogP) is 5.33. The van der Waals surface area contributed by atoms with Crippen molar-refractivity contribution in [2.24, 2.45) is 5.10 Å². The Hall–Kier alpha value is -1.99. The molecular formula is C20H19Br2N3O2. The zero-order valence-electron chi connectivity index (χ0n) is 15.2. The third-order valence-corrected chi connectivity index (χ3v) is 5.38. The molecule has 27 heavy (non-hydrogen) atoms. The van der Waals surface area contributed by atoms with E-state index in [0.29, 0.717) is 22.5 Å². The van der Waals surface area contributed by atoms with Crippen LogP contribution >= 0.6 is 31.9 Å². The fourth-order valence-electron chi connectivity index (χ4n) is 2.71. The van der Waals surface area contributed by atoms with Crippen LogP contribution in [0.2, 0.25) is 0 Å². The quantitative estimate of drug-likeness (QED) is 0.452. The first-order chi connectivity index (χ1) is 12.9. The Balaban J connectivity index is 2.22. The molecule has 0 N–H and O–H groups in total. The average Bonchev–Trinajstić information content (AvgIpc) is 2.67. The van der Waals surface area contributed by atoms with Gasteiger partial charge in [0.05, 0.1) is 24.2 Å². The standard InChI is InChI=1S/C20H19Br2N3O2/c1-4-12(2)19-24-17-7-5-15(22)10-16(17)20(26)25(19)23-11-13-9-14(21)6-8-18(13)27-3/h5-12H,4H2,1-3H3/t12-/m1/s1. The molecule has 2 aromatic carbocycles. The molecule has 1 heterocycles. The van der Waals surface area contributed by atoms with Gasteiger partial charge >= 0.3 is 0 Å². The van der Waals surface area contributed by atoms with E-state index >= 15 is 0 Å². The molecule has 0 saturated carbocycles. The molecule has 0 unspecified atom stereocenters. The summed E-state index contributed by atoms with van der Waals surface area (Å²) in [6, 6.07) is 11.1. The number of nitrogens with zero attached hydrogens (tertiary/aromatic N) is 3. The molecule has 0 aliphatic heterocycles. The molecule has 0 saturated heterocycles. The molecule has 7 heteroatoms. The summed E-state index contributed by atoms with van der Waals surface area (Å²) in [5.74, 6) is 1.41. The minimum Gasteiger partial charge on any atom is -0.496 e. The number of hydrogen-bond donors (Lipinski definition) is 0. The highest BCUT2D eigenvalue weighted by Crippen LogP contribution is 2.23. The van der Waals surface area contributed by atoms with E-state index in [1.165, 1.54) is 4.68 Å². The van der Waals surface area contributed by atoms with Crippen LogP contribution in [0.1, 0.15) is 37.6 Å². The number of halogens is 2. The van der Waals surface area contributed by atoms with Crippen molar-refractivity contribution in [1.82, 2.24) is 9.66 Å². The van der Waals surface area contributed by atoms with Crippen molar-refractivity contribution in [3.8, 4) is 5.75 Å². The Labute approximate surface area is 174 Å². The van der Waals surface area contributed by atoms with E-state index in [1.54, 1.807) is 19.4 Å². The van der Waals surface area contributed by atoms with Crippen LogP contribution in [0.4, 0.5) is 0 Å². The van der Waals surface area contributed by atoms with E-state index in [-0.39, 0.29) is 11.5 Å². The summed E-state index contributed by atoms with van der Waals surface area (Å²) in [4.78, 5) is 17.8. The van der Waals surface area contributed by atoms with Crippen molar-refractivity contribution in [3.63, 3.8) is 0 Å². The van der Waals surface area contributed by atoms with Crippen LogP contribution in [0, 0.1) is 0 Å². The third kappa shape index (κ3) is 4.14. The lowest BCUT2D eigenvalue weighted by Crippen LogP contribution is -2.23. The van der Waals surface area contributed by atoms with Crippen LogP contribution in [-0.2, 0) is 0 Å². The van der Waals surface area contributed by atoms with Crippen LogP contribution in [-0.4, -0.2) is 23.0 Å². The van der Waals surface area contributed by atoms with E-state index < -0.39 is 0 Å². The van der Waals surface area contributed by atoms with E-state index in [9.17, 15) is 4.79 Å². The van der Waals surface area contributed by atoms with Gasteiger partial charge in [-0.05, 0) is 42.8 Å². The molecule has 0 aliphatic rings. The van der Waals surface area contributed by atoms with Crippen LogP contribution in [0.3, 0.4) is 0 Å². The summed E-state index contributed by atoms with van der Waals surface area (Å²) in [6.07, 6.45) is 2.48. The number of benzene rings is 2. The summed E-state index contributed by atoms with van der Waals surface area (Å²) in [6.45, 7) is 4.10. The van der Waals surface area contributed by atoms with Gasteiger partial charge in [-0.1, -0.05) is 45.7 Å². The van der Waals surface area contributed by atoms with E-state index in [4.69, 9.17) is 9.72 Å². The summed E-state index contributed by atoms with van der Waals surface area (Å²) in [5.41, 5.74) is 1.25. The second-order valence-corrected chi connectivity index (χ2v) is 8.02. The zero-order chi connectivity index (χ0) is 19.6. The van der Waals surface area contributed by atoms with Gasteiger partial charge < -0.3 is 4.74 Å². The van der Waals surface area contributed by atoms with Crippen molar-refractivity contribution in [1.29, 1.82) is 0 Å². The number of rotatable bonds is 5. The highest BCUT2D eigenvalue weighted by Gasteiger charge is 2.15. The molecule has 0 radical (unpaired) electrons. The molecular weight excluding hydrogens is 474 g/mol. The van der Waals surface area contributed by atoms with Gasteiger partial charge in [0.15, 0.2) is 0 Å². The maximum Gasteiger partial charge on any atom is 0.282 e. The largest absolute Gasteiger partial charge is 0.496 e. The molecule has 0 spiro atoms. The van der Waals surface area contributed by atoms with Gasteiger partial charge in [0, 0.05) is 20.4 Å². The summed E-state index contributed by atoms with van der Waals surface area (Å²) >= 11 is 6.87. The smallest absolute Gasteiger partial charge is 0.282 e. The first kappa shape index (κ1) is 19.8. The first-order valence-corrected chi connectivity index (χ1v) is 10.1. The van der Waals surface area contributed by atoms with Gasteiger partial charge in [0.1, 0.15) is 11.6 Å². The van der Waals surface area contributed by atoms with Crippen LogP contribution < -0.4 is 10.3 Å². The summed E-state index contributed by atoms with van der Waals surface area (Å²) in [5, 5.41) is 5.00. The lowest BCUT2D eigenvalue weighted by molar-refractivity contribution is 0.414. The van der Waals surface area contributed by atoms with E-state index in [0.717, 1.165) is 20.9 Å². The zero-order valence-corrected chi connectivity index (χ0v) is 18.4. The molecule has 1 aromatic heterocycles. The molecule has 0 aliphatic carbocycles. The molecule has 0 fully saturated rings. The topological polar surface area (TPSA) is 56.5 Å². The Bertz CT molecular complexity index is 1080. The SMILES string of the molecule is CC[C@@H](C)c1nc2ccc(Br)cc2c(=O)n1N=Cc1cc(Br)ccc1OC. The minimum atomic E-state index is -0.193. The third-order valence-electron chi connectivity index (χ3n) is 4.39. The maximum atomic E-state index is 13.1. The van der Waals surface area contributed by atoms with E-state index in [2.05, 4.69) is 43.9 Å². The normalized spacial score (nSPS) is 12.6. The molecule has 0 amide bonds. The van der Waals surface area contributed by atoms with Gasteiger partial charge in [-0.25, -0.2) is 4.98 Å². The van der Waals surface area contributed by atoms with Crippen LogP contribution in [0.25, 0.3) is 10.9 Å². The van der Waals surface area contributed by atoms with Crippen LogP contribution in [0.5, 0.6) is 5.75 Å². The lowest BCUT2D eigenvalue weighted by Gasteiger charge is -2.14. The predicted molar refractivity (Wildman–Crippen MR) is 116 cm³/mol. The Morgan fingerprint density at radius 2 is 1.93 bits per heavy atom. The molecule has 5 nitrogen and oxygen atoms in total. The molecule has 3 aromatic rings. The highest BCUT2D eigenvalue weighted by molar-refractivity contribution is 9.10. The monoisotopic (exact) mass is 491 g/mol. The van der Waals surface area contributed by atoms with Crippen molar-refractivity contribution in [3.05, 3.63) is 67.1 Å². The van der Waals surface area contributed by atoms with Gasteiger partial charge in [0.25, 0.3) is 5.56 Å². The van der Waals surface area contributed by atoms with Crippen molar-refractivity contribution < 1.29 is 4.74 Å². The van der Waals surface area contributed by atoms with Crippen molar-refractivity contribution in [2.45, 2.75) is 26.2 Å². The Morgan fingerprint density at radius 3 is 2.63 bits per heavy atom. The molecule has 3 rings (SSSR count). The highest BCUT2D eigenvalue weighted by atomic mass is 79.9. The Morgan fingerprint density at radius 1 is 1.22 bits per heavy atom. The fraction of sp³-hybridized carbons (Fsp3) is 0.250. The number of ether oxygens (including phenoxy) is 1. The molecule has 1 atom stereocenters. The first-order valence-electron chi connectivity index (χ1n) is 8.54. The van der Waals surface area contributed by atoms with E-state index in [1.807, 2.05) is 37.3 Å². The number of aromatic nitrogens is 2. The summed E-state index contributed by atoms with van der Waals surface area (Å²) in [7, 11) is 1.60. The van der Waals surface area contributed by atoms with Gasteiger partial charge in [0.2, 0.25) is 0 Å². The average molecular weight is 493 g/mol.